The molecule has 0 saturated carbocycles. The molecule has 0 fully saturated rings. The van der Waals surface area contributed by atoms with E-state index in [1.54, 1.807) is 24.3 Å². The molecule has 0 aliphatic carbocycles. The predicted molar refractivity (Wildman–Crippen MR) is 71.5 cm³/mol. The number of aromatic nitrogens is 2. The summed E-state index contributed by atoms with van der Waals surface area (Å²) in [5.74, 6) is 0.576. The van der Waals surface area contributed by atoms with Gasteiger partial charge < -0.3 is 5.32 Å². The Hall–Kier alpha value is -1.03. The van der Waals surface area contributed by atoms with Crippen molar-refractivity contribution in [1.29, 1.82) is 0 Å². The van der Waals surface area contributed by atoms with Gasteiger partial charge in [-0.15, -0.1) is 0 Å². The molecule has 1 heterocycles. The normalized spacial score (nSPS) is 10.4. The van der Waals surface area contributed by atoms with Crippen molar-refractivity contribution in [3.63, 3.8) is 0 Å². The molecule has 0 amide bonds. The van der Waals surface area contributed by atoms with E-state index in [1.807, 2.05) is 6.92 Å². The van der Waals surface area contributed by atoms with Crippen molar-refractivity contribution in [1.82, 2.24) is 9.97 Å². The molecule has 1 aromatic carbocycles. The topological polar surface area (TPSA) is 37.8 Å². The minimum absolute atomic E-state index is 0.186. The second-order valence-corrected chi connectivity index (χ2v) is 4.59. The Morgan fingerprint density at radius 3 is 2.53 bits per heavy atom. The van der Waals surface area contributed by atoms with Crippen LogP contribution in [0.1, 0.15) is 5.69 Å². The van der Waals surface area contributed by atoms with E-state index in [-0.39, 0.29) is 5.28 Å². The van der Waals surface area contributed by atoms with Crippen LogP contribution in [0, 0.1) is 6.92 Å². The molecule has 17 heavy (non-hydrogen) atoms. The van der Waals surface area contributed by atoms with E-state index in [9.17, 15) is 0 Å². The number of hydrogen-bond donors (Lipinski definition) is 1. The lowest BCUT2D eigenvalue weighted by Crippen LogP contribution is -1.97. The van der Waals surface area contributed by atoms with Crippen molar-refractivity contribution < 1.29 is 0 Å². The molecule has 0 spiro atoms. The van der Waals surface area contributed by atoms with Gasteiger partial charge in [0, 0.05) is 16.8 Å². The van der Waals surface area contributed by atoms with Gasteiger partial charge in [-0.1, -0.05) is 23.2 Å². The largest absolute Gasteiger partial charge is 0.339 e. The molecule has 2 rings (SSSR count). The average Bonchev–Trinajstić information content (AvgIpc) is 2.22. The SMILES string of the molecule is Cc1cc(Nc2cc(Cl)ccc2Cl)nc(Cl)n1. The van der Waals surface area contributed by atoms with Crippen LogP contribution in [-0.4, -0.2) is 9.97 Å². The van der Waals surface area contributed by atoms with Crippen LogP contribution in [0.3, 0.4) is 0 Å². The summed E-state index contributed by atoms with van der Waals surface area (Å²) >= 11 is 17.7. The standard InChI is InChI=1S/C11H8Cl3N3/c1-6-4-10(17-11(14)15-6)16-9-5-7(12)2-3-8(9)13/h2-5H,1H3,(H,15,16,17). The first kappa shape index (κ1) is 12.4. The van der Waals surface area contributed by atoms with Gasteiger partial charge in [-0.25, -0.2) is 9.97 Å². The molecule has 2 aromatic rings. The minimum atomic E-state index is 0.186. The van der Waals surface area contributed by atoms with Crippen LogP contribution in [-0.2, 0) is 0 Å². The molecular formula is C11H8Cl3N3. The lowest BCUT2D eigenvalue weighted by Gasteiger charge is -2.08. The quantitative estimate of drug-likeness (QED) is 0.827. The molecule has 0 unspecified atom stereocenters. The molecule has 0 radical (unpaired) electrons. The summed E-state index contributed by atoms with van der Waals surface area (Å²) in [6.45, 7) is 1.83. The van der Waals surface area contributed by atoms with Crippen molar-refractivity contribution >= 4 is 46.3 Å². The lowest BCUT2D eigenvalue weighted by atomic mass is 10.3. The zero-order valence-corrected chi connectivity index (χ0v) is 11.1. The first-order valence-corrected chi connectivity index (χ1v) is 5.91. The lowest BCUT2D eigenvalue weighted by molar-refractivity contribution is 1.10. The highest BCUT2D eigenvalue weighted by Crippen LogP contribution is 2.28. The first-order chi connectivity index (χ1) is 8.04. The molecule has 1 N–H and O–H groups in total. The van der Waals surface area contributed by atoms with Crippen molar-refractivity contribution in [2.45, 2.75) is 6.92 Å². The molecule has 0 atom stereocenters. The fraction of sp³-hybridized carbons (Fsp3) is 0.0909. The maximum atomic E-state index is 6.03. The van der Waals surface area contributed by atoms with E-state index < -0.39 is 0 Å². The zero-order chi connectivity index (χ0) is 12.4. The number of benzene rings is 1. The number of hydrogen-bond acceptors (Lipinski definition) is 3. The van der Waals surface area contributed by atoms with Gasteiger partial charge in [-0.05, 0) is 36.7 Å². The van der Waals surface area contributed by atoms with Gasteiger partial charge in [0.2, 0.25) is 5.28 Å². The number of halogens is 3. The Labute approximate surface area is 114 Å². The van der Waals surface area contributed by atoms with Crippen LogP contribution in [0.5, 0.6) is 0 Å². The highest BCUT2D eigenvalue weighted by Gasteiger charge is 2.04. The van der Waals surface area contributed by atoms with Crippen LogP contribution in [0.4, 0.5) is 11.5 Å². The molecule has 0 aliphatic rings. The van der Waals surface area contributed by atoms with E-state index in [1.165, 1.54) is 0 Å². The summed E-state index contributed by atoms with van der Waals surface area (Å²) in [4.78, 5) is 8.01. The second-order valence-electron chi connectivity index (χ2n) is 3.41. The third-order valence-electron chi connectivity index (χ3n) is 2.02. The number of rotatable bonds is 2. The molecule has 88 valence electrons. The summed E-state index contributed by atoms with van der Waals surface area (Å²) in [5, 5.41) is 4.38. The summed E-state index contributed by atoms with van der Waals surface area (Å²) in [7, 11) is 0. The maximum Gasteiger partial charge on any atom is 0.224 e. The van der Waals surface area contributed by atoms with E-state index in [4.69, 9.17) is 34.8 Å². The van der Waals surface area contributed by atoms with Crippen molar-refractivity contribution in [3.05, 3.63) is 45.3 Å². The summed E-state index contributed by atoms with van der Waals surface area (Å²) in [6.07, 6.45) is 0. The molecule has 6 heteroatoms. The Morgan fingerprint density at radius 2 is 1.82 bits per heavy atom. The summed E-state index contributed by atoms with van der Waals surface area (Å²) < 4.78 is 0. The highest BCUT2D eigenvalue weighted by atomic mass is 35.5. The molecule has 0 bridgehead atoms. The number of nitrogens with one attached hydrogen (secondary N) is 1. The van der Waals surface area contributed by atoms with E-state index in [0.29, 0.717) is 21.6 Å². The monoisotopic (exact) mass is 287 g/mol. The summed E-state index contributed by atoms with van der Waals surface area (Å²) in [5.41, 5.74) is 1.44. The molecular weight excluding hydrogens is 281 g/mol. The highest BCUT2D eigenvalue weighted by molar-refractivity contribution is 6.35. The smallest absolute Gasteiger partial charge is 0.224 e. The fourth-order valence-electron chi connectivity index (χ4n) is 1.33. The van der Waals surface area contributed by atoms with Gasteiger partial charge in [-0.3, -0.25) is 0 Å². The Kier molecular flexibility index (Phi) is 3.72. The third kappa shape index (κ3) is 3.22. The van der Waals surface area contributed by atoms with E-state index >= 15 is 0 Å². The number of aryl methyl sites for hydroxylation is 1. The molecule has 3 nitrogen and oxygen atoms in total. The Bertz CT molecular complexity index is 537. The fourth-order valence-corrected chi connectivity index (χ4v) is 1.89. The van der Waals surface area contributed by atoms with Gasteiger partial charge in [0.1, 0.15) is 5.82 Å². The van der Waals surface area contributed by atoms with Gasteiger partial charge in [0.25, 0.3) is 0 Å². The second kappa shape index (κ2) is 5.08. The van der Waals surface area contributed by atoms with E-state index in [2.05, 4.69) is 15.3 Å². The van der Waals surface area contributed by atoms with E-state index in [0.717, 1.165) is 5.69 Å². The number of nitrogens with zero attached hydrogens (tertiary/aromatic N) is 2. The molecule has 1 aromatic heterocycles. The maximum absolute atomic E-state index is 6.03. The first-order valence-electron chi connectivity index (χ1n) is 4.78. The summed E-state index contributed by atoms with van der Waals surface area (Å²) in [6, 6.07) is 6.91. The van der Waals surface area contributed by atoms with Crippen LogP contribution < -0.4 is 5.32 Å². The van der Waals surface area contributed by atoms with Crippen molar-refractivity contribution in [2.24, 2.45) is 0 Å². The van der Waals surface area contributed by atoms with Gasteiger partial charge in [-0.2, -0.15) is 0 Å². The van der Waals surface area contributed by atoms with Crippen molar-refractivity contribution in [3.8, 4) is 0 Å². The van der Waals surface area contributed by atoms with Crippen LogP contribution in [0.25, 0.3) is 0 Å². The van der Waals surface area contributed by atoms with Crippen LogP contribution >= 0.6 is 34.8 Å². The molecule has 0 aliphatic heterocycles. The van der Waals surface area contributed by atoms with Crippen molar-refractivity contribution in [2.75, 3.05) is 5.32 Å². The Balaban J connectivity index is 2.34. The Morgan fingerprint density at radius 1 is 1.06 bits per heavy atom. The minimum Gasteiger partial charge on any atom is -0.339 e. The molecule has 0 saturated heterocycles. The zero-order valence-electron chi connectivity index (χ0n) is 8.84. The van der Waals surface area contributed by atoms with Gasteiger partial charge in [0.05, 0.1) is 10.7 Å². The average molecular weight is 289 g/mol. The predicted octanol–water partition coefficient (Wildman–Crippen LogP) is 4.49. The number of anilines is 2. The van der Waals surface area contributed by atoms with Gasteiger partial charge >= 0.3 is 0 Å². The van der Waals surface area contributed by atoms with Crippen LogP contribution in [0.15, 0.2) is 24.3 Å². The third-order valence-corrected chi connectivity index (χ3v) is 2.75. The van der Waals surface area contributed by atoms with Gasteiger partial charge in [0.15, 0.2) is 0 Å². The van der Waals surface area contributed by atoms with Crippen LogP contribution in [0.2, 0.25) is 15.3 Å².